The number of benzene rings is 1. The lowest BCUT2D eigenvalue weighted by molar-refractivity contribution is -0.117. The Morgan fingerprint density at radius 1 is 1.27 bits per heavy atom. The Labute approximate surface area is 138 Å². The first-order valence-corrected chi connectivity index (χ1v) is 7.38. The van der Waals surface area contributed by atoms with Crippen molar-refractivity contribution >= 4 is 24.0 Å². The second-order valence-electron chi connectivity index (χ2n) is 5.54. The van der Waals surface area contributed by atoms with Gasteiger partial charge in [0.15, 0.2) is 0 Å². The molecule has 0 aliphatic carbocycles. The van der Waals surface area contributed by atoms with Crippen molar-refractivity contribution < 1.29 is 14.3 Å². The molecule has 124 valence electrons. The Bertz CT molecular complexity index is 457. The third-order valence-electron chi connectivity index (χ3n) is 3.52. The number of halogens is 1. The van der Waals surface area contributed by atoms with Crippen LogP contribution in [0.15, 0.2) is 24.3 Å². The fourth-order valence-electron chi connectivity index (χ4n) is 2.62. The zero-order chi connectivity index (χ0) is 15.2. The number of ether oxygens (including phenoxy) is 2. The van der Waals surface area contributed by atoms with Crippen LogP contribution < -0.4 is 10.1 Å². The maximum atomic E-state index is 12.0. The van der Waals surface area contributed by atoms with E-state index in [1.807, 2.05) is 24.3 Å². The van der Waals surface area contributed by atoms with Crippen molar-refractivity contribution in [3.8, 4) is 5.75 Å². The molecule has 0 spiro atoms. The Morgan fingerprint density at radius 3 is 2.41 bits per heavy atom. The highest BCUT2D eigenvalue weighted by Crippen LogP contribution is 2.15. The van der Waals surface area contributed by atoms with Crippen molar-refractivity contribution in [3.63, 3.8) is 0 Å². The second-order valence-corrected chi connectivity index (χ2v) is 5.54. The van der Waals surface area contributed by atoms with Gasteiger partial charge >= 0.3 is 0 Å². The highest BCUT2D eigenvalue weighted by Gasteiger charge is 2.22. The van der Waals surface area contributed by atoms with E-state index in [0.717, 1.165) is 31.1 Å². The van der Waals surface area contributed by atoms with Crippen LogP contribution in [0.2, 0.25) is 0 Å². The molecular formula is C16H25ClN2O3. The molecule has 1 aromatic carbocycles. The molecule has 0 aromatic heterocycles. The Kier molecular flexibility index (Phi) is 7.65. The maximum Gasteiger partial charge on any atom is 0.225 e. The van der Waals surface area contributed by atoms with Gasteiger partial charge in [-0.3, -0.25) is 9.69 Å². The lowest BCUT2D eigenvalue weighted by Crippen LogP contribution is -2.46. The minimum atomic E-state index is 0. The molecule has 1 heterocycles. The number of rotatable bonds is 5. The third-order valence-corrected chi connectivity index (χ3v) is 3.52. The van der Waals surface area contributed by atoms with Crippen molar-refractivity contribution in [2.75, 3.05) is 32.1 Å². The van der Waals surface area contributed by atoms with Gasteiger partial charge in [-0.2, -0.15) is 0 Å². The molecule has 2 rings (SSSR count). The summed E-state index contributed by atoms with van der Waals surface area (Å²) < 4.78 is 10.8. The summed E-state index contributed by atoms with van der Waals surface area (Å²) >= 11 is 0. The van der Waals surface area contributed by atoms with Crippen molar-refractivity contribution in [1.82, 2.24) is 4.90 Å². The van der Waals surface area contributed by atoms with Crippen LogP contribution in [0, 0.1) is 0 Å². The number of amides is 1. The van der Waals surface area contributed by atoms with E-state index in [1.165, 1.54) is 0 Å². The van der Waals surface area contributed by atoms with E-state index in [9.17, 15) is 4.79 Å². The molecule has 5 nitrogen and oxygen atoms in total. The van der Waals surface area contributed by atoms with Crippen molar-refractivity contribution in [1.29, 1.82) is 0 Å². The van der Waals surface area contributed by atoms with E-state index in [1.54, 1.807) is 7.11 Å². The molecule has 0 saturated carbocycles. The number of hydrogen-bond donors (Lipinski definition) is 1. The molecule has 1 saturated heterocycles. The van der Waals surface area contributed by atoms with E-state index in [-0.39, 0.29) is 30.5 Å². The molecule has 1 aliphatic heterocycles. The van der Waals surface area contributed by atoms with Gasteiger partial charge in [0.25, 0.3) is 0 Å². The van der Waals surface area contributed by atoms with Crippen LogP contribution in [-0.4, -0.2) is 49.8 Å². The molecule has 0 bridgehead atoms. The number of hydrogen-bond acceptors (Lipinski definition) is 4. The highest BCUT2D eigenvalue weighted by atomic mass is 35.5. The van der Waals surface area contributed by atoms with Crippen LogP contribution in [0.3, 0.4) is 0 Å². The predicted octanol–water partition coefficient (Wildman–Crippen LogP) is 2.55. The normalized spacial score (nSPS) is 21.8. The van der Waals surface area contributed by atoms with E-state index in [0.29, 0.717) is 6.42 Å². The summed E-state index contributed by atoms with van der Waals surface area (Å²) in [6.45, 7) is 6.68. The monoisotopic (exact) mass is 328 g/mol. The van der Waals surface area contributed by atoms with Gasteiger partial charge in [-0.1, -0.05) is 0 Å². The Balaban J connectivity index is 0.00000242. The van der Waals surface area contributed by atoms with Gasteiger partial charge in [0.2, 0.25) is 5.91 Å². The fraction of sp³-hybridized carbons (Fsp3) is 0.562. The number of methoxy groups -OCH3 is 1. The van der Waals surface area contributed by atoms with E-state index < -0.39 is 0 Å². The first-order chi connectivity index (χ1) is 10.1. The standard InChI is InChI=1S/C16H24N2O3.ClH/c1-12-10-18(11-13(2)21-12)9-8-16(19)17-14-4-6-15(20-3)7-5-14;/h4-7,12-13H,8-11H2,1-3H3,(H,17,19);1H. The predicted molar refractivity (Wildman–Crippen MR) is 89.9 cm³/mol. The molecule has 1 fully saturated rings. The zero-order valence-corrected chi connectivity index (χ0v) is 14.2. The maximum absolute atomic E-state index is 12.0. The van der Waals surface area contributed by atoms with Crippen molar-refractivity contribution in [2.24, 2.45) is 0 Å². The molecular weight excluding hydrogens is 304 g/mol. The van der Waals surface area contributed by atoms with Gasteiger partial charge in [-0.15, -0.1) is 12.4 Å². The minimum absolute atomic E-state index is 0. The number of nitrogens with one attached hydrogen (secondary N) is 1. The van der Waals surface area contributed by atoms with Crippen LogP contribution in [0.5, 0.6) is 5.75 Å². The van der Waals surface area contributed by atoms with Crippen molar-refractivity contribution in [2.45, 2.75) is 32.5 Å². The van der Waals surface area contributed by atoms with Crippen LogP contribution in [0.25, 0.3) is 0 Å². The van der Waals surface area contributed by atoms with Crippen LogP contribution in [0.1, 0.15) is 20.3 Å². The SMILES string of the molecule is COc1ccc(NC(=O)CCN2CC(C)OC(C)C2)cc1.Cl. The van der Waals surface area contributed by atoms with Crippen LogP contribution >= 0.6 is 12.4 Å². The first-order valence-electron chi connectivity index (χ1n) is 7.38. The average molecular weight is 329 g/mol. The molecule has 22 heavy (non-hydrogen) atoms. The van der Waals surface area contributed by atoms with Gasteiger partial charge in [0.05, 0.1) is 19.3 Å². The van der Waals surface area contributed by atoms with E-state index >= 15 is 0 Å². The molecule has 6 heteroatoms. The summed E-state index contributed by atoms with van der Waals surface area (Å²) in [5.74, 6) is 0.816. The topological polar surface area (TPSA) is 50.8 Å². The summed E-state index contributed by atoms with van der Waals surface area (Å²) in [5, 5.41) is 2.90. The Morgan fingerprint density at radius 2 is 1.86 bits per heavy atom. The third kappa shape index (κ3) is 5.83. The lowest BCUT2D eigenvalue weighted by atomic mass is 10.2. The molecule has 1 aliphatic rings. The highest BCUT2D eigenvalue weighted by molar-refractivity contribution is 5.90. The van der Waals surface area contributed by atoms with Gasteiger partial charge in [-0.05, 0) is 38.1 Å². The molecule has 1 N–H and O–H groups in total. The second kappa shape index (κ2) is 8.98. The summed E-state index contributed by atoms with van der Waals surface area (Å²) in [6.07, 6.45) is 0.961. The van der Waals surface area contributed by atoms with Gasteiger partial charge in [0, 0.05) is 31.7 Å². The smallest absolute Gasteiger partial charge is 0.225 e. The molecule has 1 aromatic rings. The number of anilines is 1. The minimum Gasteiger partial charge on any atom is -0.497 e. The molecule has 2 unspecified atom stereocenters. The van der Waals surface area contributed by atoms with Gasteiger partial charge in [0.1, 0.15) is 5.75 Å². The number of nitrogens with zero attached hydrogens (tertiary/aromatic N) is 1. The van der Waals surface area contributed by atoms with E-state index in [4.69, 9.17) is 9.47 Å². The van der Waals surface area contributed by atoms with Crippen LogP contribution in [0.4, 0.5) is 5.69 Å². The fourth-order valence-corrected chi connectivity index (χ4v) is 2.62. The molecule has 0 radical (unpaired) electrons. The van der Waals surface area contributed by atoms with Gasteiger partial charge < -0.3 is 14.8 Å². The summed E-state index contributed by atoms with van der Waals surface area (Å²) in [4.78, 5) is 14.3. The zero-order valence-electron chi connectivity index (χ0n) is 13.4. The molecule has 1 amide bonds. The first kappa shape index (κ1) is 18.7. The Hall–Kier alpha value is -1.30. The quantitative estimate of drug-likeness (QED) is 0.902. The molecule has 2 atom stereocenters. The lowest BCUT2D eigenvalue weighted by Gasteiger charge is -2.35. The average Bonchev–Trinajstić information content (AvgIpc) is 2.45. The largest absolute Gasteiger partial charge is 0.497 e. The summed E-state index contributed by atoms with van der Waals surface area (Å²) in [7, 11) is 1.62. The number of carbonyl (C=O) groups excluding carboxylic acids is 1. The van der Waals surface area contributed by atoms with Crippen molar-refractivity contribution in [3.05, 3.63) is 24.3 Å². The summed E-state index contributed by atoms with van der Waals surface area (Å²) in [6, 6.07) is 7.35. The van der Waals surface area contributed by atoms with E-state index in [2.05, 4.69) is 24.1 Å². The number of morpholine rings is 1. The summed E-state index contributed by atoms with van der Waals surface area (Å²) in [5.41, 5.74) is 0.796. The number of carbonyl (C=O) groups is 1. The van der Waals surface area contributed by atoms with Crippen LogP contribution in [-0.2, 0) is 9.53 Å². The van der Waals surface area contributed by atoms with Gasteiger partial charge in [-0.25, -0.2) is 0 Å².